The maximum absolute atomic E-state index is 13.7. The van der Waals surface area contributed by atoms with E-state index in [9.17, 15) is 20.4 Å². The fourth-order valence-electron chi connectivity index (χ4n) is 5.87. The van der Waals surface area contributed by atoms with Crippen molar-refractivity contribution < 1.29 is 39.7 Å². The summed E-state index contributed by atoms with van der Waals surface area (Å²) in [5, 5.41) is 46.9. The second-order valence-electron chi connectivity index (χ2n) is 16.4. The predicted octanol–water partition coefficient (Wildman–Crippen LogP) is 5.76. The third kappa shape index (κ3) is 8.80. The van der Waals surface area contributed by atoms with Gasteiger partial charge in [-0.05, 0) is 68.9 Å². The summed E-state index contributed by atoms with van der Waals surface area (Å²) in [6.45, 7) is 27.9. The van der Waals surface area contributed by atoms with E-state index in [-0.39, 0.29) is 21.7 Å². The van der Waals surface area contributed by atoms with Crippen LogP contribution in [0.2, 0.25) is 0 Å². The van der Waals surface area contributed by atoms with Gasteiger partial charge in [-0.1, -0.05) is 118 Å². The van der Waals surface area contributed by atoms with Crippen LogP contribution in [0.25, 0.3) is 0 Å². The van der Waals surface area contributed by atoms with Gasteiger partial charge in [0.2, 0.25) is 0 Å². The quantitative estimate of drug-likeness (QED) is 0.197. The topological polar surface area (TPSA) is 159 Å². The van der Waals surface area contributed by atoms with Gasteiger partial charge in [0.1, 0.15) is 5.60 Å². The third-order valence-electron chi connectivity index (χ3n) is 8.20. The van der Waals surface area contributed by atoms with Gasteiger partial charge in [0.15, 0.2) is 0 Å². The number of phosphoric acid groups is 1. The van der Waals surface area contributed by atoms with Gasteiger partial charge in [0, 0.05) is 0 Å². The van der Waals surface area contributed by atoms with Gasteiger partial charge in [-0.2, -0.15) is 0 Å². The first-order valence-electron chi connectivity index (χ1n) is 15.1. The Balaban J connectivity index is 0.00000178. The van der Waals surface area contributed by atoms with Gasteiger partial charge in [0.05, 0.1) is 25.2 Å². The van der Waals surface area contributed by atoms with Crippen molar-refractivity contribution in [1.82, 2.24) is 0 Å². The molecule has 0 saturated heterocycles. The van der Waals surface area contributed by atoms with E-state index in [1.807, 2.05) is 0 Å². The molecule has 0 atom stereocenters. The molecule has 0 aromatic heterocycles. The van der Waals surface area contributed by atoms with Crippen molar-refractivity contribution >= 4 is 7.82 Å². The molecule has 0 aliphatic heterocycles. The molecule has 0 aliphatic rings. The Kier molecular flexibility index (Phi) is 12.2. The van der Waals surface area contributed by atoms with Crippen LogP contribution in [-0.2, 0) is 31.8 Å². The van der Waals surface area contributed by atoms with Crippen LogP contribution in [-0.4, -0.2) is 54.9 Å². The number of rotatable bonds is 6. The minimum absolute atomic E-state index is 0.379. The van der Waals surface area contributed by atoms with Crippen molar-refractivity contribution in [3.8, 4) is 0 Å². The number of aliphatic hydroxyl groups excluding tert-OH is 3. The van der Waals surface area contributed by atoms with Crippen molar-refractivity contribution in [2.24, 2.45) is 5.41 Å². The highest BCUT2D eigenvalue weighted by molar-refractivity contribution is 7.45. The second kappa shape index (κ2) is 13.2. The minimum atomic E-state index is -4.64. The highest BCUT2D eigenvalue weighted by Gasteiger charge is 2.57. The summed E-state index contributed by atoms with van der Waals surface area (Å²) in [5.74, 6) is 0. The molecule has 252 valence electrons. The Labute approximate surface area is 265 Å². The lowest BCUT2D eigenvalue weighted by Crippen LogP contribution is -2.57. The molecule has 7 N–H and O–H groups in total. The molecule has 2 rings (SSSR count). The second-order valence-corrected chi connectivity index (χ2v) is 17.5. The minimum Gasteiger partial charge on any atom is -0.395 e. The van der Waals surface area contributed by atoms with Gasteiger partial charge in [-0.25, -0.2) is 4.57 Å². The summed E-state index contributed by atoms with van der Waals surface area (Å²) in [6, 6.07) is 8.48. The van der Waals surface area contributed by atoms with Crippen LogP contribution in [0, 0.1) is 19.3 Å². The van der Waals surface area contributed by atoms with Gasteiger partial charge in [-0.15, -0.1) is 0 Å². The number of hydrogen-bond donors (Lipinski definition) is 7. The van der Waals surface area contributed by atoms with Crippen molar-refractivity contribution in [2.45, 2.75) is 124 Å². The Hall–Kier alpha value is -1.61. The molecule has 8 nitrogen and oxygen atoms in total. The number of benzene rings is 2. The standard InChI is InChI=1S/C35H56O4.H3O4P/c1-22-15-24(30(3,4)5)28(25(16-22)31(6,7)8)35(39,34(19-36,20-37)21-38)29-26(32(9,10)11)17-23(2)18-27(29)33(12,13)14;1-5(2,3)4/h15-18,36-39H,19-21H2,1-14H3;(H3,1,2,3,4). The van der Waals surface area contributed by atoms with E-state index in [2.05, 4.69) is 121 Å². The zero-order valence-electron chi connectivity index (χ0n) is 29.4. The van der Waals surface area contributed by atoms with Crippen LogP contribution in [0.1, 0.15) is 128 Å². The maximum Gasteiger partial charge on any atom is 0.466 e. The van der Waals surface area contributed by atoms with Crippen LogP contribution < -0.4 is 0 Å². The van der Waals surface area contributed by atoms with Gasteiger partial charge in [0.25, 0.3) is 0 Å². The zero-order valence-corrected chi connectivity index (χ0v) is 30.3. The normalized spacial score (nSPS) is 13.9. The molecule has 0 bridgehead atoms. The Bertz CT molecular complexity index is 1170. The fraction of sp³-hybridized carbons (Fsp3) is 0.657. The molecular formula is C35H59O8P. The SMILES string of the molecule is Cc1cc(C(C)(C)C)c(C(O)(c2c(C(C)(C)C)cc(C)cc2C(C)(C)C)C(CO)(CO)CO)c(C(C)(C)C)c1.O=P(O)(O)O. The van der Waals surface area contributed by atoms with Crippen molar-refractivity contribution in [1.29, 1.82) is 0 Å². The zero-order chi connectivity index (χ0) is 35.1. The highest BCUT2D eigenvalue weighted by atomic mass is 31.2. The monoisotopic (exact) mass is 638 g/mol. The number of hydrogen-bond acceptors (Lipinski definition) is 5. The molecule has 2 aromatic carbocycles. The first-order chi connectivity index (χ1) is 19.4. The molecule has 0 aliphatic carbocycles. The molecule has 2 aromatic rings. The van der Waals surface area contributed by atoms with Crippen LogP contribution >= 0.6 is 7.82 Å². The molecule has 0 spiro atoms. The molecule has 44 heavy (non-hydrogen) atoms. The molecule has 0 fully saturated rings. The summed E-state index contributed by atoms with van der Waals surface area (Å²) < 4.78 is 8.88. The smallest absolute Gasteiger partial charge is 0.395 e. The largest absolute Gasteiger partial charge is 0.466 e. The van der Waals surface area contributed by atoms with E-state index >= 15 is 0 Å². The molecular weight excluding hydrogens is 579 g/mol. The lowest BCUT2D eigenvalue weighted by molar-refractivity contribution is -0.138. The van der Waals surface area contributed by atoms with E-state index in [1.54, 1.807) is 0 Å². The average molecular weight is 639 g/mol. The molecule has 0 unspecified atom stereocenters. The van der Waals surface area contributed by atoms with Crippen molar-refractivity contribution in [2.75, 3.05) is 19.8 Å². The third-order valence-corrected chi connectivity index (χ3v) is 8.20. The van der Waals surface area contributed by atoms with E-state index in [4.69, 9.17) is 19.2 Å². The van der Waals surface area contributed by atoms with Gasteiger partial charge < -0.3 is 35.1 Å². The molecule has 0 radical (unpaired) electrons. The van der Waals surface area contributed by atoms with E-state index in [1.165, 1.54) is 0 Å². The fourth-order valence-corrected chi connectivity index (χ4v) is 5.87. The summed E-state index contributed by atoms with van der Waals surface area (Å²) >= 11 is 0. The number of aliphatic hydroxyl groups is 4. The first-order valence-corrected chi connectivity index (χ1v) is 16.6. The first kappa shape index (κ1) is 40.4. The maximum atomic E-state index is 13.7. The Morgan fingerprint density at radius 2 is 0.705 bits per heavy atom. The van der Waals surface area contributed by atoms with Crippen LogP contribution in [0.5, 0.6) is 0 Å². The summed E-state index contributed by atoms with van der Waals surface area (Å²) in [5.41, 5.74) is 2.15. The average Bonchev–Trinajstić information content (AvgIpc) is 2.81. The van der Waals surface area contributed by atoms with Gasteiger partial charge in [-0.3, -0.25) is 0 Å². The van der Waals surface area contributed by atoms with Crippen molar-refractivity contribution in [3.05, 3.63) is 68.8 Å². The summed E-state index contributed by atoms with van der Waals surface area (Å²) in [4.78, 5) is 21.6. The van der Waals surface area contributed by atoms with E-state index < -0.39 is 38.7 Å². The van der Waals surface area contributed by atoms with Gasteiger partial charge >= 0.3 is 7.82 Å². The Morgan fingerprint density at radius 3 is 0.841 bits per heavy atom. The van der Waals surface area contributed by atoms with Crippen LogP contribution in [0.3, 0.4) is 0 Å². The van der Waals surface area contributed by atoms with E-state index in [0.29, 0.717) is 11.1 Å². The molecule has 0 heterocycles. The predicted molar refractivity (Wildman–Crippen MR) is 178 cm³/mol. The summed E-state index contributed by atoms with van der Waals surface area (Å²) in [7, 11) is -4.64. The lowest BCUT2D eigenvalue weighted by Gasteiger charge is -2.52. The molecule has 0 saturated carbocycles. The van der Waals surface area contributed by atoms with Crippen LogP contribution in [0.15, 0.2) is 24.3 Å². The van der Waals surface area contributed by atoms with Crippen molar-refractivity contribution in [3.63, 3.8) is 0 Å². The molecule has 9 heteroatoms. The summed E-state index contributed by atoms with van der Waals surface area (Å²) in [6.07, 6.45) is 0. The molecule has 0 amide bonds. The highest BCUT2D eigenvalue weighted by Crippen LogP contribution is 2.55. The Morgan fingerprint density at radius 1 is 0.523 bits per heavy atom. The van der Waals surface area contributed by atoms with E-state index in [0.717, 1.165) is 33.4 Å². The number of aryl methyl sites for hydroxylation is 2. The lowest BCUT2D eigenvalue weighted by atomic mass is 9.56. The van der Waals surface area contributed by atoms with Crippen LogP contribution in [0.4, 0.5) is 0 Å².